The second kappa shape index (κ2) is 10.5. The maximum absolute atomic E-state index is 14.9. The third-order valence-electron chi connectivity index (χ3n) is 7.18. The van der Waals surface area contributed by atoms with Crippen molar-refractivity contribution in [3.63, 3.8) is 0 Å². The zero-order valence-electron chi connectivity index (χ0n) is 20.9. The molecule has 0 aromatic heterocycles. The highest BCUT2D eigenvalue weighted by Crippen LogP contribution is 2.57. The van der Waals surface area contributed by atoms with Gasteiger partial charge in [-0.05, 0) is 53.6 Å². The monoisotopic (exact) mass is 551 g/mol. The first-order valence-electron chi connectivity index (χ1n) is 12.3. The number of aliphatic hydroxyl groups excluding tert-OH is 2. The van der Waals surface area contributed by atoms with E-state index in [-0.39, 0.29) is 35.2 Å². The van der Waals surface area contributed by atoms with Crippen LogP contribution in [0.1, 0.15) is 50.7 Å². The minimum Gasteiger partial charge on any atom is -0.394 e. The quantitative estimate of drug-likeness (QED) is 0.360. The molecule has 2 aliphatic rings. The summed E-state index contributed by atoms with van der Waals surface area (Å²) >= 11 is 12.4. The zero-order valence-corrected chi connectivity index (χ0v) is 22.5. The molecule has 5 atom stereocenters. The van der Waals surface area contributed by atoms with Crippen LogP contribution in [0.5, 0.6) is 0 Å². The van der Waals surface area contributed by atoms with Crippen molar-refractivity contribution in [1.82, 2.24) is 10.6 Å². The van der Waals surface area contributed by atoms with Gasteiger partial charge in [-0.2, -0.15) is 0 Å². The van der Waals surface area contributed by atoms with Gasteiger partial charge >= 0.3 is 0 Å². The Morgan fingerprint density at radius 2 is 1.97 bits per heavy atom. The van der Waals surface area contributed by atoms with Crippen molar-refractivity contribution < 1.29 is 24.2 Å². The number of fused-ring (bicyclic) bond motifs is 2. The normalized spacial score (nSPS) is 25.7. The third kappa shape index (κ3) is 5.22. The van der Waals surface area contributed by atoms with Crippen LogP contribution >= 0.6 is 23.2 Å². The number of hydrogen-bond donors (Lipinski definition) is 5. The van der Waals surface area contributed by atoms with Gasteiger partial charge in [0.1, 0.15) is 11.2 Å². The number of nitrogens with one attached hydrogen (secondary N) is 3. The van der Waals surface area contributed by atoms with Crippen LogP contribution in [0.2, 0.25) is 10.0 Å². The van der Waals surface area contributed by atoms with Gasteiger partial charge in [-0.25, -0.2) is 4.39 Å². The van der Waals surface area contributed by atoms with Crippen molar-refractivity contribution in [2.75, 3.05) is 18.5 Å². The molecule has 37 heavy (non-hydrogen) atoms. The minimum atomic E-state index is -1.33. The molecule has 2 aromatic carbocycles. The molecule has 2 aromatic rings. The van der Waals surface area contributed by atoms with E-state index in [1.165, 1.54) is 12.1 Å². The van der Waals surface area contributed by atoms with Crippen LogP contribution in [0.15, 0.2) is 36.4 Å². The maximum Gasteiger partial charge on any atom is 0.237 e. The van der Waals surface area contributed by atoms with Crippen molar-refractivity contribution in [3.8, 4) is 0 Å². The highest BCUT2D eigenvalue weighted by Gasteiger charge is 2.65. The van der Waals surface area contributed by atoms with Crippen molar-refractivity contribution in [1.29, 1.82) is 0 Å². The smallest absolute Gasteiger partial charge is 0.237 e. The standard InChI is InChI=1S/C27H32Cl2FN3O4/c1-26(2,3)12-21-27(17-10-19(30)18(29)11-20(17)32-25(27)37)22(14-5-4-6-15(28)9-14)23(33-21)24(36)31-8-7-16(35)13-34/h4-6,9-11,16,21-23,33-35H,7-8,12-13H2,1-3H3,(H,31,36)(H,32,37)/t16-,21-,22-,23+,27-/m0/s1. The van der Waals surface area contributed by atoms with Crippen molar-refractivity contribution >= 4 is 40.7 Å². The zero-order chi connectivity index (χ0) is 27.1. The Labute approximate surface area is 225 Å². The molecular weight excluding hydrogens is 520 g/mol. The minimum absolute atomic E-state index is 0.106. The Morgan fingerprint density at radius 3 is 2.62 bits per heavy atom. The molecule has 0 radical (unpaired) electrons. The van der Waals surface area contributed by atoms with E-state index < -0.39 is 41.9 Å². The molecule has 0 bridgehead atoms. The molecule has 2 amide bonds. The molecule has 1 fully saturated rings. The van der Waals surface area contributed by atoms with E-state index in [4.69, 9.17) is 28.3 Å². The van der Waals surface area contributed by atoms with Gasteiger partial charge in [0, 0.05) is 29.2 Å². The summed E-state index contributed by atoms with van der Waals surface area (Å²) in [5, 5.41) is 28.3. The van der Waals surface area contributed by atoms with Crippen molar-refractivity contribution in [2.24, 2.45) is 5.41 Å². The van der Waals surface area contributed by atoms with Gasteiger partial charge in [0.2, 0.25) is 11.8 Å². The van der Waals surface area contributed by atoms with Crippen LogP contribution in [-0.4, -0.2) is 53.4 Å². The molecule has 2 aliphatic heterocycles. The van der Waals surface area contributed by atoms with E-state index in [9.17, 15) is 19.1 Å². The molecule has 1 saturated heterocycles. The first-order valence-corrected chi connectivity index (χ1v) is 13.0. The van der Waals surface area contributed by atoms with Crippen molar-refractivity contribution in [2.45, 2.75) is 63.1 Å². The molecule has 0 unspecified atom stereocenters. The summed E-state index contributed by atoms with van der Waals surface area (Å²) in [6, 6.07) is 8.30. The van der Waals surface area contributed by atoms with Gasteiger partial charge in [-0.15, -0.1) is 0 Å². The molecule has 0 saturated carbocycles. The van der Waals surface area contributed by atoms with Gasteiger partial charge in [0.05, 0.1) is 23.8 Å². The number of aliphatic hydroxyl groups is 2. The SMILES string of the molecule is CC(C)(C)C[C@@H]1N[C@@H](C(=O)NCC[C@H](O)CO)[C@H](c2cccc(Cl)c2)[C@@]12C(=O)Nc1cc(Cl)c(F)cc12. The van der Waals surface area contributed by atoms with E-state index in [1.54, 1.807) is 18.2 Å². The number of carbonyl (C=O) groups is 2. The second-order valence-electron chi connectivity index (χ2n) is 11.0. The number of rotatable bonds is 7. The van der Waals surface area contributed by atoms with E-state index in [1.807, 2.05) is 26.8 Å². The molecule has 7 nitrogen and oxygen atoms in total. The summed E-state index contributed by atoms with van der Waals surface area (Å²) < 4.78 is 14.9. The Bertz CT molecular complexity index is 1200. The van der Waals surface area contributed by atoms with Crippen LogP contribution in [0.4, 0.5) is 10.1 Å². The summed E-state index contributed by atoms with van der Waals surface area (Å²) in [6.45, 7) is 5.83. The number of amides is 2. The van der Waals surface area contributed by atoms with E-state index in [0.717, 1.165) is 0 Å². The highest BCUT2D eigenvalue weighted by atomic mass is 35.5. The molecular formula is C27H32Cl2FN3O4. The lowest BCUT2D eigenvalue weighted by molar-refractivity contribution is -0.124. The van der Waals surface area contributed by atoms with Gasteiger partial charge in [-0.1, -0.05) is 56.1 Å². The van der Waals surface area contributed by atoms with E-state index in [2.05, 4.69) is 16.0 Å². The lowest BCUT2D eigenvalue weighted by Crippen LogP contribution is -2.49. The van der Waals surface area contributed by atoms with Crippen LogP contribution in [0, 0.1) is 11.2 Å². The average molecular weight is 552 g/mol. The molecule has 200 valence electrons. The Morgan fingerprint density at radius 1 is 1.24 bits per heavy atom. The van der Waals surface area contributed by atoms with Gasteiger partial charge in [0.15, 0.2) is 0 Å². The third-order valence-corrected chi connectivity index (χ3v) is 7.70. The fourth-order valence-corrected chi connectivity index (χ4v) is 6.06. The summed E-state index contributed by atoms with van der Waals surface area (Å²) in [5.41, 5.74) is -0.0573. The average Bonchev–Trinajstić information content (AvgIpc) is 3.28. The van der Waals surface area contributed by atoms with Crippen molar-refractivity contribution in [3.05, 3.63) is 63.4 Å². The van der Waals surface area contributed by atoms with E-state index >= 15 is 0 Å². The Kier molecular flexibility index (Phi) is 7.89. The predicted octanol–water partition coefficient (Wildman–Crippen LogP) is 3.74. The number of carbonyl (C=O) groups excluding carboxylic acids is 2. The number of halogens is 3. The fourth-order valence-electron chi connectivity index (χ4n) is 5.70. The van der Waals surface area contributed by atoms with Crippen LogP contribution in [-0.2, 0) is 15.0 Å². The topological polar surface area (TPSA) is 111 Å². The first-order chi connectivity index (χ1) is 17.4. The second-order valence-corrected chi connectivity index (χ2v) is 11.9. The molecule has 0 aliphatic carbocycles. The largest absolute Gasteiger partial charge is 0.394 e. The molecule has 10 heteroatoms. The predicted molar refractivity (Wildman–Crippen MR) is 141 cm³/mol. The molecule has 1 spiro atoms. The first kappa shape index (κ1) is 27.8. The summed E-state index contributed by atoms with van der Waals surface area (Å²) in [6.07, 6.45) is -0.282. The number of hydrogen-bond acceptors (Lipinski definition) is 5. The Balaban J connectivity index is 1.89. The molecule has 4 rings (SSSR count). The fraction of sp³-hybridized carbons (Fsp3) is 0.481. The summed E-state index contributed by atoms with van der Waals surface area (Å²) in [5.74, 6) is -2.10. The van der Waals surface area contributed by atoms with E-state index in [0.29, 0.717) is 28.3 Å². The number of anilines is 1. The van der Waals surface area contributed by atoms with Gasteiger partial charge in [0.25, 0.3) is 0 Å². The maximum atomic E-state index is 14.9. The Hall–Kier alpha value is -2.23. The van der Waals surface area contributed by atoms with Gasteiger partial charge in [-0.3, -0.25) is 9.59 Å². The lowest BCUT2D eigenvalue weighted by atomic mass is 9.62. The molecule has 2 heterocycles. The van der Waals surface area contributed by atoms with Crippen LogP contribution in [0.3, 0.4) is 0 Å². The number of benzene rings is 2. The summed E-state index contributed by atoms with van der Waals surface area (Å²) in [4.78, 5) is 27.6. The van der Waals surface area contributed by atoms with Gasteiger partial charge < -0.3 is 26.2 Å². The summed E-state index contributed by atoms with van der Waals surface area (Å²) in [7, 11) is 0. The highest BCUT2D eigenvalue weighted by molar-refractivity contribution is 6.31. The van der Waals surface area contributed by atoms with Crippen LogP contribution in [0.25, 0.3) is 0 Å². The molecule has 5 N–H and O–H groups in total. The van der Waals surface area contributed by atoms with Crippen LogP contribution < -0.4 is 16.0 Å². The lowest BCUT2D eigenvalue weighted by Gasteiger charge is -2.37.